The van der Waals surface area contributed by atoms with Crippen LogP contribution >= 0.6 is 11.6 Å². The number of sulfonamides is 1. The highest BCUT2D eigenvalue weighted by atomic mass is 35.5. The predicted molar refractivity (Wildman–Crippen MR) is 153 cm³/mol. The van der Waals surface area contributed by atoms with Crippen molar-refractivity contribution in [3.8, 4) is 5.69 Å². The number of nitrogens with one attached hydrogen (secondary N) is 1. The second-order valence-corrected chi connectivity index (χ2v) is 11.3. The SMILES string of the molecule is Cc1ccc(-n2c(C)cc(/C=N\NC(=O)CN(c3cccc(Cl)c3)S(=O)(=O)c3ccccc3)c2C)c(C)c1. The summed E-state index contributed by atoms with van der Waals surface area (Å²) < 4.78 is 30.0. The zero-order valence-corrected chi connectivity index (χ0v) is 23.2. The van der Waals surface area contributed by atoms with E-state index in [1.54, 1.807) is 42.6 Å². The second-order valence-electron chi connectivity index (χ2n) is 9.05. The van der Waals surface area contributed by atoms with Crippen LogP contribution in [0, 0.1) is 27.7 Å². The van der Waals surface area contributed by atoms with Crippen LogP contribution in [-0.4, -0.2) is 31.7 Å². The number of anilines is 1. The van der Waals surface area contributed by atoms with Crippen LogP contribution < -0.4 is 9.73 Å². The fourth-order valence-corrected chi connectivity index (χ4v) is 5.97. The quantitative estimate of drug-likeness (QED) is 0.226. The van der Waals surface area contributed by atoms with Gasteiger partial charge in [0, 0.05) is 27.7 Å². The molecule has 9 heteroatoms. The van der Waals surface area contributed by atoms with Gasteiger partial charge >= 0.3 is 0 Å². The van der Waals surface area contributed by atoms with E-state index in [1.165, 1.54) is 23.8 Å². The van der Waals surface area contributed by atoms with Crippen LogP contribution in [0.2, 0.25) is 5.02 Å². The number of aryl methyl sites for hydroxylation is 3. The van der Waals surface area contributed by atoms with Crippen molar-refractivity contribution in [1.82, 2.24) is 9.99 Å². The summed E-state index contributed by atoms with van der Waals surface area (Å²) in [6.07, 6.45) is 1.57. The van der Waals surface area contributed by atoms with Gasteiger partial charge in [-0.25, -0.2) is 13.8 Å². The summed E-state index contributed by atoms with van der Waals surface area (Å²) in [6.45, 7) is 7.66. The Morgan fingerprint density at radius 2 is 1.71 bits per heavy atom. The average Bonchev–Trinajstić information content (AvgIpc) is 3.15. The molecule has 0 aliphatic carbocycles. The standard InChI is InChI=1S/C29H29ClN4O3S/c1-20-13-14-28(21(2)15-20)34-22(3)16-24(23(34)4)18-31-32-29(35)19-33(26-10-8-9-25(30)17-26)38(36,37)27-11-6-5-7-12-27/h5-18H,19H2,1-4H3,(H,32,35)/b31-18-. The van der Waals surface area contributed by atoms with Crippen molar-refractivity contribution in [2.45, 2.75) is 32.6 Å². The van der Waals surface area contributed by atoms with Gasteiger partial charge in [0.15, 0.2) is 0 Å². The van der Waals surface area contributed by atoms with E-state index in [2.05, 4.69) is 47.1 Å². The molecule has 0 radical (unpaired) electrons. The zero-order valence-electron chi connectivity index (χ0n) is 21.6. The largest absolute Gasteiger partial charge is 0.318 e. The first kappa shape index (κ1) is 27.2. The molecule has 196 valence electrons. The lowest BCUT2D eigenvalue weighted by Gasteiger charge is -2.23. The summed E-state index contributed by atoms with van der Waals surface area (Å²) in [6, 6.07) is 22.6. The molecule has 0 spiro atoms. The molecule has 0 aliphatic heterocycles. The topological polar surface area (TPSA) is 83.8 Å². The van der Waals surface area contributed by atoms with Gasteiger partial charge < -0.3 is 4.57 Å². The Bertz CT molecular complexity index is 1610. The van der Waals surface area contributed by atoms with E-state index in [0.29, 0.717) is 5.02 Å². The van der Waals surface area contributed by atoms with Gasteiger partial charge in [-0.05, 0) is 75.7 Å². The van der Waals surface area contributed by atoms with Crippen molar-refractivity contribution >= 4 is 39.4 Å². The smallest absolute Gasteiger partial charge is 0.264 e. The van der Waals surface area contributed by atoms with Gasteiger partial charge in [0.05, 0.1) is 16.8 Å². The van der Waals surface area contributed by atoms with Crippen molar-refractivity contribution in [3.05, 3.63) is 112 Å². The minimum absolute atomic E-state index is 0.0649. The van der Waals surface area contributed by atoms with Crippen molar-refractivity contribution in [3.63, 3.8) is 0 Å². The lowest BCUT2D eigenvalue weighted by molar-refractivity contribution is -0.119. The van der Waals surface area contributed by atoms with Crippen molar-refractivity contribution in [1.29, 1.82) is 0 Å². The summed E-state index contributed by atoms with van der Waals surface area (Å²) in [4.78, 5) is 12.9. The Kier molecular flexibility index (Phi) is 8.04. The Balaban J connectivity index is 1.56. The number of benzene rings is 3. The first-order valence-electron chi connectivity index (χ1n) is 12.0. The molecule has 1 aromatic heterocycles. The molecular weight excluding hydrogens is 520 g/mol. The molecule has 3 aromatic carbocycles. The third kappa shape index (κ3) is 5.82. The summed E-state index contributed by atoms with van der Waals surface area (Å²) in [5.74, 6) is -0.594. The monoisotopic (exact) mass is 548 g/mol. The van der Waals surface area contributed by atoms with Gasteiger partial charge in [-0.3, -0.25) is 9.10 Å². The number of carbonyl (C=O) groups is 1. The number of aromatic nitrogens is 1. The lowest BCUT2D eigenvalue weighted by Crippen LogP contribution is -2.39. The van der Waals surface area contributed by atoms with E-state index in [-0.39, 0.29) is 10.6 Å². The first-order valence-corrected chi connectivity index (χ1v) is 13.8. The van der Waals surface area contributed by atoms with E-state index in [0.717, 1.165) is 32.5 Å². The fourth-order valence-electron chi connectivity index (χ4n) is 4.35. The number of amides is 1. The van der Waals surface area contributed by atoms with E-state index in [1.807, 2.05) is 19.9 Å². The lowest BCUT2D eigenvalue weighted by atomic mass is 10.1. The maximum Gasteiger partial charge on any atom is 0.264 e. The third-order valence-corrected chi connectivity index (χ3v) is 8.19. The molecule has 1 heterocycles. The summed E-state index contributed by atoms with van der Waals surface area (Å²) in [5, 5.41) is 4.48. The van der Waals surface area contributed by atoms with Crippen LogP contribution in [0.25, 0.3) is 5.69 Å². The van der Waals surface area contributed by atoms with Gasteiger partial charge in [0.2, 0.25) is 0 Å². The van der Waals surface area contributed by atoms with Gasteiger partial charge in [-0.15, -0.1) is 0 Å². The molecule has 7 nitrogen and oxygen atoms in total. The highest BCUT2D eigenvalue weighted by Gasteiger charge is 2.27. The second kappa shape index (κ2) is 11.2. The Labute approximate surface area is 228 Å². The molecule has 0 saturated carbocycles. The first-order chi connectivity index (χ1) is 18.1. The van der Waals surface area contributed by atoms with E-state index in [4.69, 9.17) is 11.6 Å². The van der Waals surface area contributed by atoms with Crippen LogP contribution in [0.15, 0.2) is 88.9 Å². The molecule has 1 N–H and O–H groups in total. The van der Waals surface area contributed by atoms with Crippen molar-refractivity contribution in [2.24, 2.45) is 5.10 Å². The number of carbonyl (C=O) groups excluding carboxylic acids is 1. The predicted octanol–water partition coefficient (Wildman–Crippen LogP) is 5.71. The van der Waals surface area contributed by atoms with Gasteiger partial charge in [0.1, 0.15) is 6.54 Å². The van der Waals surface area contributed by atoms with Crippen LogP contribution in [0.5, 0.6) is 0 Å². The summed E-state index contributed by atoms with van der Waals surface area (Å²) in [7, 11) is -4.03. The van der Waals surface area contributed by atoms with Crippen LogP contribution in [0.1, 0.15) is 28.1 Å². The molecule has 0 saturated heterocycles. The van der Waals surface area contributed by atoms with E-state index >= 15 is 0 Å². The molecule has 0 aliphatic rings. The van der Waals surface area contributed by atoms with Crippen LogP contribution in [-0.2, 0) is 14.8 Å². The number of nitrogens with zero attached hydrogens (tertiary/aromatic N) is 3. The summed E-state index contributed by atoms with van der Waals surface area (Å²) in [5.41, 5.74) is 9.02. The maximum atomic E-state index is 13.4. The Morgan fingerprint density at radius 3 is 2.39 bits per heavy atom. The maximum absolute atomic E-state index is 13.4. The molecule has 0 atom stereocenters. The van der Waals surface area contributed by atoms with Crippen LogP contribution in [0.3, 0.4) is 0 Å². The molecule has 1 amide bonds. The Morgan fingerprint density at radius 1 is 0.974 bits per heavy atom. The molecule has 0 bridgehead atoms. The third-order valence-electron chi connectivity index (χ3n) is 6.17. The van der Waals surface area contributed by atoms with E-state index in [9.17, 15) is 13.2 Å². The van der Waals surface area contributed by atoms with Crippen molar-refractivity contribution < 1.29 is 13.2 Å². The minimum atomic E-state index is -4.03. The molecule has 4 aromatic rings. The number of halogens is 1. The molecular formula is C29H29ClN4O3S. The minimum Gasteiger partial charge on any atom is -0.318 e. The average molecular weight is 549 g/mol. The molecule has 0 unspecified atom stereocenters. The molecule has 38 heavy (non-hydrogen) atoms. The number of hydrogen-bond donors (Lipinski definition) is 1. The highest BCUT2D eigenvalue weighted by Crippen LogP contribution is 2.26. The zero-order chi connectivity index (χ0) is 27.4. The number of hydrazone groups is 1. The Hall–Kier alpha value is -3.88. The van der Waals surface area contributed by atoms with Gasteiger partial charge in [-0.1, -0.05) is 53.6 Å². The van der Waals surface area contributed by atoms with Gasteiger partial charge in [-0.2, -0.15) is 5.10 Å². The van der Waals surface area contributed by atoms with E-state index < -0.39 is 22.5 Å². The fraction of sp³-hybridized carbons (Fsp3) is 0.172. The number of hydrogen-bond acceptors (Lipinski definition) is 4. The van der Waals surface area contributed by atoms with Crippen LogP contribution in [0.4, 0.5) is 5.69 Å². The number of rotatable bonds is 8. The highest BCUT2D eigenvalue weighted by molar-refractivity contribution is 7.92. The molecule has 0 fully saturated rings. The summed E-state index contributed by atoms with van der Waals surface area (Å²) >= 11 is 6.12. The van der Waals surface area contributed by atoms with Crippen molar-refractivity contribution in [2.75, 3.05) is 10.8 Å². The van der Waals surface area contributed by atoms with Gasteiger partial charge in [0.25, 0.3) is 15.9 Å². The normalized spacial score (nSPS) is 11.6. The molecule has 4 rings (SSSR count).